The van der Waals surface area contributed by atoms with Crippen LogP contribution in [0.2, 0.25) is 5.02 Å². The van der Waals surface area contributed by atoms with E-state index in [0.29, 0.717) is 29.1 Å². The molecule has 1 aromatic heterocycles. The summed E-state index contributed by atoms with van der Waals surface area (Å²) >= 11 is 6.15. The van der Waals surface area contributed by atoms with Crippen molar-refractivity contribution in [2.75, 3.05) is 24.9 Å². The average Bonchev–Trinajstić information content (AvgIpc) is 2.69. The third kappa shape index (κ3) is 4.80. The molecule has 0 unspecified atom stereocenters. The van der Waals surface area contributed by atoms with Crippen LogP contribution in [0.4, 0.5) is 17.5 Å². The number of nitrogens with one attached hydrogen (secondary N) is 2. The van der Waals surface area contributed by atoms with Gasteiger partial charge in [0.25, 0.3) is 0 Å². The summed E-state index contributed by atoms with van der Waals surface area (Å²) in [5.74, 6) is 2.65. The highest BCUT2D eigenvalue weighted by molar-refractivity contribution is 6.31. The van der Waals surface area contributed by atoms with Crippen LogP contribution in [0.1, 0.15) is 11.1 Å². The van der Waals surface area contributed by atoms with Crippen LogP contribution < -0.4 is 20.1 Å². The number of ether oxygens (including phenoxy) is 2. The Kier molecular flexibility index (Phi) is 5.98. The molecule has 1 heterocycles. The smallest absolute Gasteiger partial charge is 0.229 e. The largest absolute Gasteiger partial charge is 0.497 e. The molecule has 0 spiro atoms. The first-order valence-corrected chi connectivity index (χ1v) is 8.78. The molecule has 3 aromatic rings. The quantitative estimate of drug-likeness (QED) is 0.609. The van der Waals surface area contributed by atoms with E-state index in [1.54, 1.807) is 26.5 Å². The average molecular weight is 385 g/mol. The van der Waals surface area contributed by atoms with Gasteiger partial charge in [0, 0.05) is 23.8 Å². The van der Waals surface area contributed by atoms with Gasteiger partial charge in [-0.1, -0.05) is 23.7 Å². The second-order valence-corrected chi connectivity index (χ2v) is 6.30. The van der Waals surface area contributed by atoms with Crippen molar-refractivity contribution in [3.63, 3.8) is 0 Å². The summed E-state index contributed by atoms with van der Waals surface area (Å²) in [6.45, 7) is 2.57. The Balaban J connectivity index is 1.71. The Morgan fingerprint density at radius 2 is 1.81 bits per heavy atom. The molecule has 7 heteroatoms. The Morgan fingerprint density at radius 1 is 1.04 bits per heavy atom. The molecular formula is C20H21ClN4O2. The van der Waals surface area contributed by atoms with Gasteiger partial charge < -0.3 is 20.1 Å². The molecule has 2 aromatic carbocycles. The number of aryl methyl sites for hydroxylation is 1. The van der Waals surface area contributed by atoms with Crippen LogP contribution in [-0.4, -0.2) is 24.2 Å². The van der Waals surface area contributed by atoms with Gasteiger partial charge >= 0.3 is 0 Å². The Hall–Kier alpha value is -2.99. The number of anilines is 3. The molecule has 27 heavy (non-hydrogen) atoms. The highest BCUT2D eigenvalue weighted by atomic mass is 35.5. The first kappa shape index (κ1) is 18.8. The number of hydrogen-bond acceptors (Lipinski definition) is 6. The summed E-state index contributed by atoms with van der Waals surface area (Å²) in [7, 11) is 3.25. The van der Waals surface area contributed by atoms with Crippen LogP contribution >= 0.6 is 11.6 Å². The van der Waals surface area contributed by atoms with E-state index in [0.717, 1.165) is 22.6 Å². The molecule has 0 radical (unpaired) electrons. The zero-order valence-corrected chi connectivity index (χ0v) is 16.2. The maximum absolute atomic E-state index is 6.15. The first-order valence-electron chi connectivity index (χ1n) is 8.40. The fourth-order valence-corrected chi connectivity index (χ4v) is 2.66. The summed E-state index contributed by atoms with van der Waals surface area (Å²) < 4.78 is 10.6. The number of methoxy groups -OCH3 is 2. The van der Waals surface area contributed by atoms with Crippen molar-refractivity contribution in [1.29, 1.82) is 0 Å². The number of benzene rings is 2. The molecule has 0 aliphatic carbocycles. The highest BCUT2D eigenvalue weighted by Crippen LogP contribution is 2.32. The predicted octanol–water partition coefficient (Wildman–Crippen LogP) is 4.81. The lowest BCUT2D eigenvalue weighted by molar-refractivity contribution is 0.414. The maximum Gasteiger partial charge on any atom is 0.229 e. The standard InChI is InChI=1S/C20H21ClN4O2/c1-13-10-17(18(27-3)11-16(13)21)24-20-22-9-8-19(25-20)23-12-14-4-6-15(26-2)7-5-14/h4-11H,12H2,1-3H3,(H2,22,23,24,25). The Bertz CT molecular complexity index is 916. The van der Waals surface area contributed by atoms with E-state index in [2.05, 4.69) is 20.6 Å². The number of nitrogens with zero attached hydrogens (tertiary/aromatic N) is 2. The molecule has 0 saturated carbocycles. The molecule has 0 aliphatic heterocycles. The topological polar surface area (TPSA) is 68.3 Å². The molecule has 0 aliphatic rings. The Morgan fingerprint density at radius 3 is 2.52 bits per heavy atom. The normalized spacial score (nSPS) is 10.4. The lowest BCUT2D eigenvalue weighted by atomic mass is 10.2. The molecule has 0 amide bonds. The van der Waals surface area contributed by atoms with Crippen molar-refractivity contribution in [1.82, 2.24) is 9.97 Å². The molecule has 6 nitrogen and oxygen atoms in total. The summed E-state index contributed by atoms with van der Waals surface area (Å²) in [6.07, 6.45) is 1.70. The zero-order valence-electron chi connectivity index (χ0n) is 15.4. The number of hydrogen-bond donors (Lipinski definition) is 2. The van der Waals surface area contributed by atoms with Crippen LogP contribution in [-0.2, 0) is 6.54 Å². The van der Waals surface area contributed by atoms with Gasteiger partial charge in [-0.05, 0) is 42.3 Å². The minimum absolute atomic E-state index is 0.467. The monoisotopic (exact) mass is 384 g/mol. The van der Waals surface area contributed by atoms with Gasteiger partial charge in [0.15, 0.2) is 0 Å². The molecule has 140 valence electrons. The van der Waals surface area contributed by atoms with Gasteiger partial charge in [0.05, 0.1) is 19.9 Å². The van der Waals surface area contributed by atoms with E-state index in [4.69, 9.17) is 21.1 Å². The molecule has 0 saturated heterocycles. The second-order valence-electron chi connectivity index (χ2n) is 5.89. The van der Waals surface area contributed by atoms with Gasteiger partial charge in [-0.2, -0.15) is 4.98 Å². The van der Waals surface area contributed by atoms with Gasteiger partial charge in [-0.15, -0.1) is 0 Å². The highest BCUT2D eigenvalue weighted by Gasteiger charge is 2.09. The van der Waals surface area contributed by atoms with Crippen molar-refractivity contribution in [2.24, 2.45) is 0 Å². The number of aromatic nitrogens is 2. The van der Waals surface area contributed by atoms with Crippen molar-refractivity contribution < 1.29 is 9.47 Å². The summed E-state index contributed by atoms with van der Waals surface area (Å²) in [5.41, 5.74) is 2.82. The molecule has 2 N–H and O–H groups in total. The molecular weight excluding hydrogens is 364 g/mol. The third-order valence-corrected chi connectivity index (χ3v) is 4.42. The van der Waals surface area contributed by atoms with Crippen LogP contribution in [0.15, 0.2) is 48.7 Å². The predicted molar refractivity (Wildman–Crippen MR) is 108 cm³/mol. The van der Waals surface area contributed by atoms with Crippen LogP contribution in [0.25, 0.3) is 0 Å². The summed E-state index contributed by atoms with van der Waals surface area (Å²) in [5, 5.41) is 7.12. The van der Waals surface area contributed by atoms with Crippen LogP contribution in [0.5, 0.6) is 11.5 Å². The molecule has 0 atom stereocenters. The van der Waals surface area contributed by atoms with Gasteiger partial charge in [0.2, 0.25) is 5.95 Å². The minimum Gasteiger partial charge on any atom is -0.497 e. The molecule has 0 bridgehead atoms. The second kappa shape index (κ2) is 8.60. The fraction of sp³-hybridized carbons (Fsp3) is 0.200. The van der Waals surface area contributed by atoms with E-state index in [1.165, 1.54) is 0 Å². The van der Waals surface area contributed by atoms with Crippen LogP contribution in [0.3, 0.4) is 0 Å². The Labute approximate surface area is 163 Å². The summed E-state index contributed by atoms with van der Waals surface area (Å²) in [6, 6.07) is 13.4. The van der Waals surface area contributed by atoms with E-state index >= 15 is 0 Å². The van der Waals surface area contributed by atoms with Crippen molar-refractivity contribution >= 4 is 29.1 Å². The van der Waals surface area contributed by atoms with Crippen molar-refractivity contribution in [3.8, 4) is 11.5 Å². The van der Waals surface area contributed by atoms with E-state index < -0.39 is 0 Å². The molecule has 0 fully saturated rings. The van der Waals surface area contributed by atoms with E-state index in [9.17, 15) is 0 Å². The maximum atomic E-state index is 6.15. The summed E-state index contributed by atoms with van der Waals surface area (Å²) in [4.78, 5) is 8.77. The van der Waals surface area contributed by atoms with Gasteiger partial charge in [-0.3, -0.25) is 0 Å². The number of halogens is 1. The van der Waals surface area contributed by atoms with Gasteiger partial charge in [0.1, 0.15) is 17.3 Å². The van der Waals surface area contributed by atoms with Gasteiger partial charge in [-0.25, -0.2) is 4.98 Å². The number of rotatable bonds is 7. The van der Waals surface area contributed by atoms with Crippen LogP contribution in [0, 0.1) is 6.92 Å². The van der Waals surface area contributed by atoms with Crippen molar-refractivity contribution in [2.45, 2.75) is 13.5 Å². The zero-order chi connectivity index (χ0) is 19.2. The van der Waals surface area contributed by atoms with E-state index in [1.807, 2.05) is 43.3 Å². The van der Waals surface area contributed by atoms with Crippen molar-refractivity contribution in [3.05, 3.63) is 64.8 Å². The lowest BCUT2D eigenvalue weighted by Crippen LogP contribution is -2.05. The fourth-order valence-electron chi connectivity index (χ4n) is 2.50. The first-order chi connectivity index (χ1) is 13.1. The third-order valence-electron chi connectivity index (χ3n) is 4.02. The minimum atomic E-state index is 0.467. The lowest BCUT2D eigenvalue weighted by Gasteiger charge is -2.13. The SMILES string of the molecule is COc1ccc(CNc2ccnc(Nc3cc(C)c(Cl)cc3OC)n2)cc1. The van der Waals surface area contributed by atoms with E-state index in [-0.39, 0.29) is 0 Å². The molecule has 3 rings (SSSR count).